The van der Waals surface area contributed by atoms with Gasteiger partial charge in [0.05, 0.1) is 45.6 Å². The van der Waals surface area contributed by atoms with Crippen molar-refractivity contribution in [3.05, 3.63) is 111 Å². The van der Waals surface area contributed by atoms with Crippen molar-refractivity contribution >= 4 is 23.2 Å². The van der Waals surface area contributed by atoms with Gasteiger partial charge >= 0.3 is 0 Å². The second-order valence-electron chi connectivity index (χ2n) is 12.1. The minimum absolute atomic E-state index is 0.0589. The number of aliphatic hydroxyl groups is 1. The molecule has 0 bridgehead atoms. The van der Waals surface area contributed by atoms with Crippen molar-refractivity contribution in [1.29, 1.82) is 0 Å². The van der Waals surface area contributed by atoms with Gasteiger partial charge in [-0.25, -0.2) is 4.39 Å². The first-order chi connectivity index (χ1) is 22.4. The molecule has 0 unspecified atom stereocenters. The molecule has 5 aromatic rings. The van der Waals surface area contributed by atoms with Crippen LogP contribution in [0.4, 0.5) is 4.39 Å². The lowest BCUT2D eigenvalue weighted by Crippen LogP contribution is -2.26. The van der Waals surface area contributed by atoms with E-state index in [1.54, 1.807) is 25.1 Å². The molecule has 11 heteroatoms. The summed E-state index contributed by atoms with van der Waals surface area (Å²) in [6.07, 6.45) is 2.46. The third kappa shape index (κ3) is 4.81. The summed E-state index contributed by atoms with van der Waals surface area (Å²) in [6.45, 7) is 2.31. The highest BCUT2D eigenvalue weighted by Crippen LogP contribution is 2.49. The summed E-state index contributed by atoms with van der Waals surface area (Å²) < 4.78 is 19.6. The van der Waals surface area contributed by atoms with Crippen LogP contribution in [0.25, 0.3) is 21.9 Å². The quantitative estimate of drug-likeness (QED) is 0.216. The first-order valence-corrected chi connectivity index (χ1v) is 16.3. The van der Waals surface area contributed by atoms with Crippen LogP contribution in [0.15, 0.2) is 65.1 Å². The average molecular weight is 636 g/mol. The van der Waals surface area contributed by atoms with Crippen molar-refractivity contribution in [2.24, 2.45) is 0 Å². The van der Waals surface area contributed by atoms with E-state index >= 15 is 0 Å². The number of rotatable bonds is 7. The number of amides is 2. The highest BCUT2D eigenvalue weighted by atomic mass is 32.1. The number of pyridine rings is 1. The summed E-state index contributed by atoms with van der Waals surface area (Å²) in [6, 6.07) is 17.2. The van der Waals surface area contributed by atoms with Gasteiger partial charge in [0.15, 0.2) is 0 Å². The number of carbonyl (C=O) groups excluding carboxylic acids is 2. The lowest BCUT2D eigenvalue weighted by atomic mass is 9.92. The summed E-state index contributed by atoms with van der Waals surface area (Å²) in [7, 11) is 0. The summed E-state index contributed by atoms with van der Waals surface area (Å²) >= 11 is 1.29. The van der Waals surface area contributed by atoms with Crippen LogP contribution in [0.2, 0.25) is 0 Å². The molecule has 3 aliphatic rings. The van der Waals surface area contributed by atoms with E-state index in [4.69, 9.17) is 9.40 Å². The van der Waals surface area contributed by atoms with Gasteiger partial charge in [0.2, 0.25) is 11.8 Å². The van der Waals surface area contributed by atoms with Crippen molar-refractivity contribution in [2.75, 3.05) is 6.54 Å². The molecule has 3 atom stereocenters. The van der Waals surface area contributed by atoms with E-state index in [1.165, 1.54) is 29.0 Å². The lowest BCUT2D eigenvalue weighted by molar-refractivity contribution is 0.0775. The molecular weight excluding hydrogens is 605 g/mol. The lowest BCUT2D eigenvalue weighted by Gasteiger charge is -2.18. The molecular formula is C35H30FN5O4S. The number of fused-ring (bicyclic) bond motifs is 4. The van der Waals surface area contributed by atoms with Crippen LogP contribution in [-0.4, -0.2) is 43.5 Å². The molecule has 2 aromatic carbocycles. The second kappa shape index (κ2) is 11.3. The first-order valence-electron chi connectivity index (χ1n) is 15.5. The van der Waals surface area contributed by atoms with E-state index < -0.39 is 11.9 Å². The van der Waals surface area contributed by atoms with Crippen LogP contribution in [0.5, 0.6) is 0 Å². The maximum atomic E-state index is 14.0. The molecule has 1 fully saturated rings. The Morgan fingerprint density at radius 1 is 1.09 bits per heavy atom. The minimum Gasteiger partial charge on any atom is -0.421 e. The molecule has 2 N–H and O–H groups in total. The number of nitrogens with one attached hydrogen (secondary N) is 1. The number of carbonyl (C=O) groups is 2. The van der Waals surface area contributed by atoms with Crippen molar-refractivity contribution < 1.29 is 23.5 Å². The highest BCUT2D eigenvalue weighted by Gasteiger charge is 2.45. The van der Waals surface area contributed by atoms with Gasteiger partial charge in [0, 0.05) is 30.3 Å². The first kappa shape index (κ1) is 28.7. The Kier molecular flexibility index (Phi) is 7.02. The average Bonchev–Trinajstić information content (AvgIpc) is 3.89. The molecule has 2 amide bonds. The molecule has 1 aliphatic carbocycles. The van der Waals surface area contributed by atoms with Gasteiger partial charge in [0.1, 0.15) is 5.82 Å². The zero-order valence-electron chi connectivity index (χ0n) is 25.0. The zero-order chi connectivity index (χ0) is 31.5. The minimum atomic E-state index is -1.02. The number of halogens is 1. The van der Waals surface area contributed by atoms with Gasteiger partial charge in [-0.2, -0.15) is 0 Å². The maximum absolute atomic E-state index is 14.0. The maximum Gasteiger partial charge on any atom is 0.261 e. The topological polar surface area (TPSA) is 121 Å². The van der Waals surface area contributed by atoms with Gasteiger partial charge < -0.3 is 19.7 Å². The molecule has 9 nitrogen and oxygen atoms in total. The molecule has 3 aromatic heterocycles. The fourth-order valence-electron chi connectivity index (χ4n) is 7.09. The summed E-state index contributed by atoms with van der Waals surface area (Å²) in [5, 5.41) is 22.9. The highest BCUT2D eigenvalue weighted by molar-refractivity contribution is 7.17. The number of benzene rings is 2. The number of thiophene rings is 1. The van der Waals surface area contributed by atoms with Crippen LogP contribution in [-0.2, 0) is 12.8 Å². The van der Waals surface area contributed by atoms with Crippen LogP contribution < -0.4 is 5.32 Å². The van der Waals surface area contributed by atoms with Crippen LogP contribution in [0.3, 0.4) is 0 Å². The van der Waals surface area contributed by atoms with Crippen molar-refractivity contribution in [2.45, 2.75) is 57.2 Å². The SMILES string of the molecule is Cc1nnc(-c2c(C[C@H](O)c3ccc(F)cc3)nc3c(c2-c2ccc(C(=O)N[C@H]4CCc5ccccc54)s2)C(=O)N2CCC[C@H]32)o1. The third-order valence-electron chi connectivity index (χ3n) is 9.24. The summed E-state index contributed by atoms with van der Waals surface area (Å²) in [4.78, 5) is 35.7. The van der Waals surface area contributed by atoms with E-state index in [2.05, 4.69) is 27.6 Å². The monoisotopic (exact) mass is 635 g/mol. The van der Waals surface area contributed by atoms with E-state index in [-0.39, 0.29) is 36.2 Å². The fraction of sp³-hybridized carbons (Fsp3) is 0.286. The Balaban J connectivity index is 1.24. The van der Waals surface area contributed by atoms with Gasteiger partial charge in [-0.05, 0) is 66.6 Å². The number of aryl methyl sites for hydroxylation is 2. The van der Waals surface area contributed by atoms with Crippen molar-refractivity contribution in [3.8, 4) is 21.9 Å². The predicted molar refractivity (Wildman–Crippen MR) is 169 cm³/mol. The molecule has 8 rings (SSSR count). The van der Waals surface area contributed by atoms with E-state index in [0.717, 1.165) is 31.2 Å². The van der Waals surface area contributed by atoms with E-state index in [9.17, 15) is 19.1 Å². The molecule has 0 spiro atoms. The molecule has 232 valence electrons. The Morgan fingerprint density at radius 3 is 2.72 bits per heavy atom. The summed E-state index contributed by atoms with van der Waals surface area (Å²) in [5.74, 6) is -0.194. The van der Waals surface area contributed by atoms with Crippen LogP contribution in [0.1, 0.15) is 91.4 Å². The van der Waals surface area contributed by atoms with E-state index in [1.807, 2.05) is 23.1 Å². The van der Waals surface area contributed by atoms with Gasteiger partial charge in [-0.15, -0.1) is 21.5 Å². The normalized spacial score (nSPS) is 18.8. The van der Waals surface area contributed by atoms with Crippen LogP contribution in [0, 0.1) is 12.7 Å². The number of aromatic nitrogens is 3. The Morgan fingerprint density at radius 2 is 1.91 bits per heavy atom. The molecule has 0 saturated carbocycles. The van der Waals surface area contributed by atoms with Gasteiger partial charge in [-0.3, -0.25) is 14.6 Å². The molecule has 5 heterocycles. The third-order valence-corrected chi connectivity index (χ3v) is 10.3. The number of aliphatic hydroxyl groups excluding tert-OH is 1. The number of nitrogens with zero attached hydrogens (tertiary/aromatic N) is 4. The van der Waals surface area contributed by atoms with Gasteiger partial charge in [0.25, 0.3) is 11.8 Å². The number of hydrogen-bond donors (Lipinski definition) is 2. The van der Waals surface area contributed by atoms with Crippen LogP contribution >= 0.6 is 11.3 Å². The van der Waals surface area contributed by atoms with Gasteiger partial charge in [-0.1, -0.05) is 36.4 Å². The Hall–Kier alpha value is -4.74. The second-order valence-corrected chi connectivity index (χ2v) is 13.1. The standard InChI is InChI=1S/C35H30FN5O4S/c1-18-39-40-34(45-18)29-24(17-26(42)20-8-11-21(36)12-9-20)37-32-25-7-4-16-41(25)35(44)31(32)30(29)27-14-15-28(46-27)33(43)38-23-13-10-19-5-2-3-6-22(19)23/h2-3,5-6,8-9,11-12,14-15,23,25-26,42H,4,7,10,13,16-17H2,1H3,(H,38,43)/t23-,25+,26-/m0/s1. The van der Waals surface area contributed by atoms with Crippen molar-refractivity contribution in [3.63, 3.8) is 0 Å². The number of hydrogen-bond acceptors (Lipinski definition) is 8. The van der Waals surface area contributed by atoms with Crippen molar-refractivity contribution in [1.82, 2.24) is 25.4 Å². The smallest absolute Gasteiger partial charge is 0.261 e. The largest absolute Gasteiger partial charge is 0.421 e. The van der Waals surface area contributed by atoms with E-state index in [0.29, 0.717) is 55.8 Å². The Bertz CT molecular complexity index is 2000. The predicted octanol–water partition coefficient (Wildman–Crippen LogP) is 6.29. The molecule has 1 saturated heterocycles. The Labute approximate surface area is 268 Å². The zero-order valence-corrected chi connectivity index (χ0v) is 25.8. The molecule has 46 heavy (non-hydrogen) atoms. The summed E-state index contributed by atoms with van der Waals surface area (Å²) in [5.41, 5.74) is 5.55. The molecule has 0 radical (unpaired) electrons. The molecule has 2 aliphatic heterocycles. The fourth-order valence-corrected chi connectivity index (χ4v) is 8.06.